The van der Waals surface area contributed by atoms with Crippen LogP contribution >= 0.6 is 0 Å². The molecule has 1 fully saturated rings. The molecule has 8 nitrogen and oxygen atoms in total. The van der Waals surface area contributed by atoms with Crippen molar-refractivity contribution in [1.29, 1.82) is 0 Å². The summed E-state index contributed by atoms with van der Waals surface area (Å²) in [4.78, 5) is 22.0. The highest BCUT2D eigenvalue weighted by Gasteiger charge is 2.30. The third-order valence-corrected chi connectivity index (χ3v) is 6.00. The zero-order valence-corrected chi connectivity index (χ0v) is 21.1. The van der Waals surface area contributed by atoms with Crippen LogP contribution in [0.2, 0.25) is 0 Å². The number of hydrogen-bond acceptors (Lipinski definition) is 7. The van der Waals surface area contributed by atoms with E-state index >= 15 is 0 Å². The van der Waals surface area contributed by atoms with E-state index in [4.69, 9.17) is 18.9 Å². The maximum Gasteiger partial charge on any atom is 0.417 e. The van der Waals surface area contributed by atoms with E-state index in [0.717, 1.165) is 12.1 Å². The maximum atomic E-state index is 12.7. The van der Waals surface area contributed by atoms with E-state index in [1.165, 1.54) is 24.3 Å². The molecule has 1 aliphatic heterocycles. The van der Waals surface area contributed by atoms with Gasteiger partial charge in [0.1, 0.15) is 29.1 Å². The molecule has 1 amide bonds. The van der Waals surface area contributed by atoms with Crippen molar-refractivity contribution in [3.05, 3.63) is 96.8 Å². The van der Waals surface area contributed by atoms with E-state index in [1.807, 2.05) is 36.4 Å². The SMILES string of the molecule is O=C(Oc1ccc(Oc2ccc(C(F)(F)F)cn2)cc1)N1CCC(Oc2ccc(Oc3ccccn3)cc2)CC1. The standard InChI is InChI=1S/C29H24F3N3O5/c30-29(31,32)20-4-13-27(34-19-20)39-23-9-11-24(12-10-23)40-28(36)35-17-14-25(15-18-35)37-21-5-7-22(8-6-21)38-26-3-1-2-16-33-26/h1-13,16,19,25H,14-15,17-18H2. The molecule has 0 atom stereocenters. The molecule has 0 unspecified atom stereocenters. The van der Waals surface area contributed by atoms with Gasteiger partial charge in [-0.15, -0.1) is 0 Å². The second kappa shape index (κ2) is 11.9. The van der Waals surface area contributed by atoms with Crippen molar-refractivity contribution in [1.82, 2.24) is 14.9 Å². The first-order valence-electron chi connectivity index (χ1n) is 12.5. The first-order valence-corrected chi connectivity index (χ1v) is 12.5. The minimum Gasteiger partial charge on any atom is -0.490 e. The molecule has 1 aliphatic rings. The summed E-state index contributed by atoms with van der Waals surface area (Å²) < 4.78 is 60.7. The Kier molecular flexibility index (Phi) is 7.99. The van der Waals surface area contributed by atoms with Crippen molar-refractivity contribution in [2.75, 3.05) is 13.1 Å². The van der Waals surface area contributed by atoms with Crippen molar-refractivity contribution in [2.24, 2.45) is 0 Å². The molecular formula is C29H24F3N3O5. The Morgan fingerprint density at radius 2 is 1.35 bits per heavy atom. The number of piperidine rings is 1. The van der Waals surface area contributed by atoms with Crippen LogP contribution < -0.4 is 18.9 Å². The molecule has 4 aromatic rings. The molecule has 5 rings (SSSR count). The van der Waals surface area contributed by atoms with Gasteiger partial charge in [0.15, 0.2) is 0 Å². The van der Waals surface area contributed by atoms with Gasteiger partial charge in [-0.1, -0.05) is 6.07 Å². The second-order valence-electron chi connectivity index (χ2n) is 8.87. The first kappa shape index (κ1) is 26.8. The summed E-state index contributed by atoms with van der Waals surface area (Å²) in [6.45, 7) is 0.955. The number of amides is 1. The van der Waals surface area contributed by atoms with Gasteiger partial charge in [0.05, 0.1) is 5.56 Å². The highest BCUT2D eigenvalue weighted by atomic mass is 19.4. The van der Waals surface area contributed by atoms with Crippen LogP contribution in [0.25, 0.3) is 0 Å². The Morgan fingerprint density at radius 3 is 1.90 bits per heavy atom. The monoisotopic (exact) mass is 551 g/mol. The van der Waals surface area contributed by atoms with Crippen LogP contribution in [0, 0.1) is 0 Å². The fourth-order valence-corrected chi connectivity index (χ4v) is 3.93. The number of aromatic nitrogens is 2. The van der Waals surface area contributed by atoms with Crippen LogP contribution in [0.5, 0.6) is 34.8 Å². The predicted molar refractivity (Wildman–Crippen MR) is 138 cm³/mol. The van der Waals surface area contributed by atoms with Crippen molar-refractivity contribution < 1.29 is 36.9 Å². The lowest BCUT2D eigenvalue weighted by molar-refractivity contribution is -0.137. The molecule has 0 radical (unpaired) electrons. The van der Waals surface area contributed by atoms with Gasteiger partial charge in [0.2, 0.25) is 11.8 Å². The normalized spacial score (nSPS) is 13.9. The van der Waals surface area contributed by atoms with Crippen LogP contribution in [0.4, 0.5) is 18.0 Å². The number of benzene rings is 2. The molecule has 2 aromatic heterocycles. The molecule has 0 aliphatic carbocycles. The molecule has 206 valence electrons. The third kappa shape index (κ3) is 7.19. The van der Waals surface area contributed by atoms with Crippen LogP contribution in [0.3, 0.4) is 0 Å². The van der Waals surface area contributed by atoms with Crippen LogP contribution in [0.15, 0.2) is 91.3 Å². The molecule has 11 heteroatoms. The van der Waals surface area contributed by atoms with Gasteiger partial charge in [-0.25, -0.2) is 14.8 Å². The van der Waals surface area contributed by atoms with Gasteiger partial charge in [0.25, 0.3) is 0 Å². The summed E-state index contributed by atoms with van der Waals surface area (Å²) in [5.74, 6) is 2.53. The number of likely N-dealkylation sites (tertiary alicyclic amines) is 1. The Bertz CT molecular complexity index is 1390. The number of hydrogen-bond donors (Lipinski definition) is 0. The smallest absolute Gasteiger partial charge is 0.417 e. The number of carbonyl (C=O) groups excluding carboxylic acids is 1. The molecule has 2 aromatic carbocycles. The fraction of sp³-hybridized carbons (Fsp3) is 0.207. The molecule has 0 spiro atoms. The minimum absolute atomic E-state index is 0.0107. The quantitative estimate of drug-likeness (QED) is 0.242. The van der Waals surface area contributed by atoms with E-state index < -0.39 is 17.8 Å². The van der Waals surface area contributed by atoms with E-state index in [-0.39, 0.29) is 12.0 Å². The molecule has 0 bridgehead atoms. The van der Waals surface area contributed by atoms with Gasteiger partial charge in [-0.3, -0.25) is 0 Å². The number of rotatable bonds is 7. The number of nitrogens with zero attached hydrogens (tertiary/aromatic N) is 3. The average molecular weight is 552 g/mol. The summed E-state index contributed by atoms with van der Waals surface area (Å²) in [6, 6.07) is 20.9. The minimum atomic E-state index is -4.47. The summed E-state index contributed by atoms with van der Waals surface area (Å²) in [6.07, 6.45) is -1.33. The maximum absolute atomic E-state index is 12.7. The highest BCUT2D eigenvalue weighted by Crippen LogP contribution is 2.30. The second-order valence-corrected chi connectivity index (χ2v) is 8.87. The van der Waals surface area contributed by atoms with Gasteiger partial charge >= 0.3 is 12.3 Å². The summed E-state index contributed by atoms with van der Waals surface area (Å²) in [7, 11) is 0. The zero-order valence-electron chi connectivity index (χ0n) is 21.1. The first-order chi connectivity index (χ1) is 19.3. The average Bonchev–Trinajstić information content (AvgIpc) is 2.96. The lowest BCUT2D eigenvalue weighted by atomic mass is 10.1. The van der Waals surface area contributed by atoms with E-state index in [0.29, 0.717) is 61.0 Å². The van der Waals surface area contributed by atoms with E-state index in [9.17, 15) is 18.0 Å². The molecular weight excluding hydrogens is 527 g/mol. The molecule has 1 saturated heterocycles. The van der Waals surface area contributed by atoms with Gasteiger partial charge in [0, 0.05) is 50.5 Å². The van der Waals surface area contributed by atoms with Crippen LogP contribution in [-0.2, 0) is 6.18 Å². The Labute approximate surface area is 227 Å². The zero-order chi connectivity index (χ0) is 28.0. The van der Waals surface area contributed by atoms with Gasteiger partial charge < -0.3 is 23.8 Å². The highest BCUT2D eigenvalue weighted by molar-refractivity contribution is 5.70. The molecule has 40 heavy (non-hydrogen) atoms. The Hall–Kier alpha value is -4.80. The third-order valence-electron chi connectivity index (χ3n) is 6.00. The van der Waals surface area contributed by atoms with Crippen molar-refractivity contribution in [2.45, 2.75) is 25.1 Å². The van der Waals surface area contributed by atoms with Crippen molar-refractivity contribution >= 4 is 6.09 Å². The van der Waals surface area contributed by atoms with Crippen LogP contribution in [-0.4, -0.2) is 40.2 Å². The number of ether oxygens (including phenoxy) is 4. The molecule has 3 heterocycles. The Morgan fingerprint density at radius 1 is 0.750 bits per heavy atom. The Balaban J connectivity index is 1.06. The lowest BCUT2D eigenvalue weighted by Gasteiger charge is -2.31. The van der Waals surface area contributed by atoms with Gasteiger partial charge in [-0.05, 0) is 60.7 Å². The largest absolute Gasteiger partial charge is 0.490 e. The summed E-state index contributed by atoms with van der Waals surface area (Å²) in [5, 5.41) is 0. The number of pyridine rings is 2. The number of alkyl halides is 3. The van der Waals surface area contributed by atoms with E-state index in [2.05, 4.69) is 9.97 Å². The molecule has 0 saturated carbocycles. The van der Waals surface area contributed by atoms with Crippen molar-refractivity contribution in [3.8, 4) is 34.8 Å². The van der Waals surface area contributed by atoms with Gasteiger partial charge in [-0.2, -0.15) is 13.2 Å². The summed E-state index contributed by atoms with van der Waals surface area (Å²) in [5.41, 5.74) is -0.862. The number of halogens is 3. The topological polar surface area (TPSA) is 83.0 Å². The predicted octanol–water partition coefficient (Wildman–Crippen LogP) is 7.12. The number of carbonyl (C=O) groups is 1. The van der Waals surface area contributed by atoms with Crippen molar-refractivity contribution in [3.63, 3.8) is 0 Å². The van der Waals surface area contributed by atoms with E-state index in [1.54, 1.807) is 17.2 Å². The van der Waals surface area contributed by atoms with Crippen LogP contribution in [0.1, 0.15) is 18.4 Å². The fourth-order valence-electron chi connectivity index (χ4n) is 3.93. The lowest BCUT2D eigenvalue weighted by Crippen LogP contribution is -2.43. The summed E-state index contributed by atoms with van der Waals surface area (Å²) >= 11 is 0. The molecule has 0 N–H and O–H groups in total.